The van der Waals surface area contributed by atoms with Gasteiger partial charge in [0.2, 0.25) is 5.95 Å². The minimum Gasteiger partial charge on any atom is -0.362 e. The highest BCUT2D eigenvalue weighted by Crippen LogP contribution is 2.29. The molecule has 0 aromatic carbocycles. The van der Waals surface area contributed by atoms with Crippen molar-refractivity contribution in [3.05, 3.63) is 28.1 Å². The van der Waals surface area contributed by atoms with E-state index in [9.17, 15) is 4.79 Å². The summed E-state index contributed by atoms with van der Waals surface area (Å²) in [5.74, 6) is 1.80. The van der Waals surface area contributed by atoms with Crippen molar-refractivity contribution in [1.29, 1.82) is 0 Å². The zero-order valence-electron chi connectivity index (χ0n) is 17.2. The summed E-state index contributed by atoms with van der Waals surface area (Å²) < 4.78 is 0. The summed E-state index contributed by atoms with van der Waals surface area (Å²) in [6.07, 6.45) is 8.47. The van der Waals surface area contributed by atoms with Crippen LogP contribution >= 0.6 is 11.3 Å². The molecule has 2 aliphatic rings. The summed E-state index contributed by atoms with van der Waals surface area (Å²) in [5, 5.41) is 13.4. The number of carbonyl (C=O) groups is 1. The van der Waals surface area contributed by atoms with Crippen LogP contribution in [0, 0.1) is 0 Å². The van der Waals surface area contributed by atoms with Crippen LogP contribution in [-0.4, -0.2) is 42.2 Å². The molecule has 7 nitrogen and oxygen atoms in total. The van der Waals surface area contributed by atoms with E-state index >= 15 is 0 Å². The molecule has 1 saturated carbocycles. The van der Waals surface area contributed by atoms with Gasteiger partial charge in [-0.15, -0.1) is 0 Å². The van der Waals surface area contributed by atoms with Crippen molar-refractivity contribution in [1.82, 2.24) is 15.3 Å². The predicted octanol–water partition coefficient (Wildman–Crippen LogP) is 4.03. The largest absolute Gasteiger partial charge is 0.362 e. The third-order valence-electron chi connectivity index (χ3n) is 5.76. The number of hydrogen-bond acceptors (Lipinski definition) is 6. The van der Waals surface area contributed by atoms with E-state index in [-0.39, 0.29) is 12.1 Å². The number of amides is 2. The second-order valence-electron chi connectivity index (χ2n) is 8.20. The van der Waals surface area contributed by atoms with Crippen molar-refractivity contribution in [2.75, 3.05) is 29.6 Å². The topological polar surface area (TPSA) is 82.2 Å². The molecule has 3 N–H and O–H groups in total. The van der Waals surface area contributed by atoms with Gasteiger partial charge in [0.05, 0.1) is 11.4 Å². The second kappa shape index (κ2) is 8.98. The molecule has 0 spiro atoms. The van der Waals surface area contributed by atoms with Crippen molar-refractivity contribution >= 4 is 34.8 Å². The Morgan fingerprint density at radius 2 is 1.86 bits per heavy atom. The van der Waals surface area contributed by atoms with Gasteiger partial charge in [0.25, 0.3) is 0 Å². The van der Waals surface area contributed by atoms with Crippen LogP contribution in [0.4, 0.5) is 22.2 Å². The monoisotopic (exact) mass is 414 g/mol. The molecule has 2 aromatic rings. The summed E-state index contributed by atoms with van der Waals surface area (Å²) in [6, 6.07) is 2.36. The summed E-state index contributed by atoms with van der Waals surface area (Å²) in [5.41, 5.74) is 3.37. The van der Waals surface area contributed by atoms with E-state index < -0.39 is 0 Å². The van der Waals surface area contributed by atoms with Gasteiger partial charge < -0.3 is 20.9 Å². The molecule has 2 aliphatic carbocycles. The summed E-state index contributed by atoms with van der Waals surface area (Å²) in [7, 11) is 4.11. The number of rotatable bonds is 5. The molecule has 0 radical (unpaired) electrons. The Balaban J connectivity index is 1.31. The van der Waals surface area contributed by atoms with Crippen LogP contribution in [0.1, 0.15) is 49.8 Å². The van der Waals surface area contributed by atoms with Gasteiger partial charge in [-0.3, -0.25) is 0 Å². The molecule has 1 fully saturated rings. The highest BCUT2D eigenvalue weighted by atomic mass is 32.1. The van der Waals surface area contributed by atoms with Crippen molar-refractivity contribution in [3.8, 4) is 0 Å². The molecule has 0 bridgehead atoms. The van der Waals surface area contributed by atoms with Crippen LogP contribution in [-0.2, 0) is 12.8 Å². The Labute approximate surface area is 176 Å². The molecule has 2 heterocycles. The van der Waals surface area contributed by atoms with Gasteiger partial charge in [0.15, 0.2) is 0 Å². The maximum absolute atomic E-state index is 12.1. The summed E-state index contributed by atoms with van der Waals surface area (Å²) in [4.78, 5) is 23.9. The van der Waals surface area contributed by atoms with E-state index in [1.165, 1.54) is 24.1 Å². The first-order chi connectivity index (χ1) is 14.1. The molecular formula is C21H30N6OS. The van der Waals surface area contributed by atoms with Gasteiger partial charge >= 0.3 is 6.03 Å². The Bertz CT molecular complexity index is 830. The fourth-order valence-electron chi connectivity index (χ4n) is 4.26. The fraction of sp³-hybridized carbons (Fsp3) is 0.571. The molecule has 8 heteroatoms. The fourth-order valence-corrected chi connectivity index (χ4v) is 4.85. The lowest BCUT2D eigenvalue weighted by atomic mass is 9.91. The molecule has 0 saturated heterocycles. The quantitative estimate of drug-likeness (QED) is 0.688. The first-order valence-corrected chi connectivity index (χ1v) is 11.5. The van der Waals surface area contributed by atoms with Gasteiger partial charge in [-0.2, -0.15) is 16.3 Å². The normalized spacial score (nSPS) is 21.2. The van der Waals surface area contributed by atoms with Crippen molar-refractivity contribution < 1.29 is 4.79 Å². The maximum atomic E-state index is 12.1. The average Bonchev–Trinajstić information content (AvgIpc) is 3.21. The first kappa shape index (κ1) is 19.9. The zero-order valence-corrected chi connectivity index (χ0v) is 18.0. The van der Waals surface area contributed by atoms with E-state index in [1.54, 1.807) is 11.3 Å². The Morgan fingerprint density at radius 1 is 1.10 bits per heavy atom. The Hall–Kier alpha value is -2.35. The maximum Gasteiger partial charge on any atom is 0.319 e. The lowest BCUT2D eigenvalue weighted by Crippen LogP contribution is -2.42. The number of thiophene rings is 1. The number of aryl methyl sites for hydroxylation is 1. The minimum atomic E-state index is -0.117. The van der Waals surface area contributed by atoms with Crippen molar-refractivity contribution in [2.24, 2.45) is 0 Å². The van der Waals surface area contributed by atoms with E-state index in [4.69, 9.17) is 9.97 Å². The van der Waals surface area contributed by atoms with Gasteiger partial charge in [0, 0.05) is 37.1 Å². The van der Waals surface area contributed by atoms with Gasteiger partial charge in [-0.25, -0.2) is 9.78 Å². The molecule has 0 atom stereocenters. The highest BCUT2D eigenvalue weighted by molar-refractivity contribution is 7.08. The van der Waals surface area contributed by atoms with Crippen LogP contribution in [0.15, 0.2) is 16.8 Å². The average molecular weight is 415 g/mol. The minimum absolute atomic E-state index is 0.117. The van der Waals surface area contributed by atoms with Crippen LogP contribution in [0.25, 0.3) is 0 Å². The molecule has 0 aliphatic heterocycles. The molecule has 0 unspecified atom stereocenters. The standard InChI is InChI=1S/C21H30N6OS/c1-27(2)19-17-5-3-4-6-18(17)25-20(26-19)22-14-7-9-15(10-8-14)23-21(28)24-16-11-12-29-13-16/h11-15H,3-10H2,1-2H3,(H,22,25,26)(H2,23,24,28). The van der Waals surface area contributed by atoms with Crippen molar-refractivity contribution in [3.63, 3.8) is 0 Å². The first-order valence-electron chi connectivity index (χ1n) is 10.5. The van der Waals surface area contributed by atoms with Crippen LogP contribution < -0.4 is 20.9 Å². The molecule has 4 rings (SSSR count). The number of anilines is 3. The smallest absolute Gasteiger partial charge is 0.319 e. The number of fused-ring (bicyclic) bond motifs is 1. The third-order valence-corrected chi connectivity index (χ3v) is 6.44. The van der Waals surface area contributed by atoms with E-state index in [0.717, 1.165) is 56.0 Å². The number of hydrogen-bond donors (Lipinski definition) is 3. The molecular weight excluding hydrogens is 384 g/mol. The van der Waals surface area contributed by atoms with Gasteiger partial charge in [0.1, 0.15) is 5.82 Å². The number of aromatic nitrogens is 2. The van der Waals surface area contributed by atoms with Crippen molar-refractivity contribution in [2.45, 2.75) is 63.5 Å². The molecule has 29 heavy (non-hydrogen) atoms. The number of carbonyl (C=O) groups excluding carboxylic acids is 1. The van der Waals surface area contributed by atoms with Gasteiger partial charge in [-0.05, 0) is 62.8 Å². The predicted molar refractivity (Wildman–Crippen MR) is 119 cm³/mol. The van der Waals surface area contributed by atoms with E-state index in [2.05, 4.69) is 34.9 Å². The SMILES string of the molecule is CN(C)c1nc(NC2CCC(NC(=O)Nc3ccsc3)CC2)nc2c1CCCC2. The number of nitrogens with zero attached hydrogens (tertiary/aromatic N) is 3. The molecule has 156 valence electrons. The van der Waals surface area contributed by atoms with E-state index in [0.29, 0.717) is 6.04 Å². The second-order valence-corrected chi connectivity index (χ2v) is 8.98. The number of urea groups is 1. The van der Waals surface area contributed by atoms with E-state index in [1.807, 2.05) is 16.8 Å². The molecule has 2 amide bonds. The van der Waals surface area contributed by atoms with Crippen LogP contribution in [0.3, 0.4) is 0 Å². The van der Waals surface area contributed by atoms with Crippen LogP contribution in [0.2, 0.25) is 0 Å². The Kier molecular flexibility index (Phi) is 6.18. The molecule has 2 aromatic heterocycles. The lowest BCUT2D eigenvalue weighted by molar-refractivity contribution is 0.243. The number of nitrogens with one attached hydrogen (secondary N) is 3. The van der Waals surface area contributed by atoms with Crippen LogP contribution in [0.5, 0.6) is 0 Å². The lowest BCUT2D eigenvalue weighted by Gasteiger charge is -2.30. The zero-order chi connectivity index (χ0) is 20.2. The highest BCUT2D eigenvalue weighted by Gasteiger charge is 2.24. The third kappa shape index (κ3) is 4.98. The van der Waals surface area contributed by atoms with Gasteiger partial charge in [-0.1, -0.05) is 0 Å². The Morgan fingerprint density at radius 3 is 2.59 bits per heavy atom. The summed E-state index contributed by atoms with van der Waals surface area (Å²) in [6.45, 7) is 0. The summed E-state index contributed by atoms with van der Waals surface area (Å²) >= 11 is 1.57.